The van der Waals surface area contributed by atoms with E-state index in [2.05, 4.69) is 26.8 Å². The molecule has 0 aliphatic carbocycles. The standard InChI is InChI=1S/C15H25NO2/c1-15(2,3)11-7-8-14(18-4)12(10-11)13(17)6-5-9-16/h7-8,10,13,17H,5-6,9,16H2,1-4H3. The van der Waals surface area contributed by atoms with Gasteiger partial charge in [-0.2, -0.15) is 0 Å². The highest BCUT2D eigenvalue weighted by molar-refractivity contribution is 5.41. The van der Waals surface area contributed by atoms with Gasteiger partial charge in [0.05, 0.1) is 13.2 Å². The fourth-order valence-corrected chi connectivity index (χ4v) is 1.93. The van der Waals surface area contributed by atoms with Crippen molar-refractivity contribution in [2.24, 2.45) is 5.73 Å². The van der Waals surface area contributed by atoms with Gasteiger partial charge >= 0.3 is 0 Å². The maximum Gasteiger partial charge on any atom is 0.124 e. The van der Waals surface area contributed by atoms with Gasteiger partial charge in [0.25, 0.3) is 0 Å². The van der Waals surface area contributed by atoms with E-state index in [1.54, 1.807) is 7.11 Å². The van der Waals surface area contributed by atoms with Crippen molar-refractivity contribution in [3.8, 4) is 5.75 Å². The molecule has 0 aliphatic rings. The topological polar surface area (TPSA) is 55.5 Å². The van der Waals surface area contributed by atoms with Gasteiger partial charge < -0.3 is 15.6 Å². The molecule has 3 heteroatoms. The Hall–Kier alpha value is -1.06. The minimum atomic E-state index is -0.509. The summed E-state index contributed by atoms with van der Waals surface area (Å²) < 4.78 is 5.32. The largest absolute Gasteiger partial charge is 0.496 e. The van der Waals surface area contributed by atoms with Crippen LogP contribution in [0.15, 0.2) is 18.2 Å². The molecular weight excluding hydrogens is 226 g/mol. The van der Waals surface area contributed by atoms with Crippen molar-refractivity contribution < 1.29 is 9.84 Å². The summed E-state index contributed by atoms with van der Waals surface area (Å²) in [6, 6.07) is 6.03. The van der Waals surface area contributed by atoms with E-state index in [4.69, 9.17) is 10.5 Å². The summed E-state index contributed by atoms with van der Waals surface area (Å²) in [7, 11) is 1.63. The molecule has 1 aromatic rings. The summed E-state index contributed by atoms with van der Waals surface area (Å²) in [5.41, 5.74) is 7.61. The number of benzene rings is 1. The molecule has 0 spiro atoms. The monoisotopic (exact) mass is 251 g/mol. The van der Waals surface area contributed by atoms with E-state index in [-0.39, 0.29) is 5.41 Å². The maximum absolute atomic E-state index is 10.2. The van der Waals surface area contributed by atoms with E-state index < -0.39 is 6.10 Å². The molecule has 3 N–H and O–H groups in total. The minimum Gasteiger partial charge on any atom is -0.496 e. The molecule has 0 heterocycles. The number of ether oxygens (including phenoxy) is 1. The molecule has 0 amide bonds. The summed E-state index contributed by atoms with van der Waals surface area (Å²) in [6.07, 6.45) is 0.968. The summed E-state index contributed by atoms with van der Waals surface area (Å²) in [6.45, 7) is 7.07. The highest BCUT2D eigenvalue weighted by Gasteiger charge is 2.19. The summed E-state index contributed by atoms with van der Waals surface area (Å²) >= 11 is 0. The minimum absolute atomic E-state index is 0.0641. The molecule has 0 aliphatic heterocycles. The SMILES string of the molecule is COc1ccc(C(C)(C)C)cc1C(O)CCCN. The van der Waals surface area contributed by atoms with E-state index >= 15 is 0 Å². The molecule has 0 aromatic heterocycles. The number of aliphatic hydroxyl groups is 1. The first-order valence-corrected chi connectivity index (χ1v) is 6.46. The van der Waals surface area contributed by atoms with Gasteiger partial charge in [-0.25, -0.2) is 0 Å². The second-order valence-corrected chi connectivity index (χ2v) is 5.65. The Morgan fingerprint density at radius 3 is 2.50 bits per heavy atom. The number of hydrogen-bond acceptors (Lipinski definition) is 3. The van der Waals surface area contributed by atoms with Crippen LogP contribution in [0.1, 0.15) is 50.8 Å². The Morgan fingerprint density at radius 2 is 2.00 bits per heavy atom. The number of rotatable bonds is 5. The molecule has 102 valence electrons. The van der Waals surface area contributed by atoms with Crippen LogP contribution in [0.3, 0.4) is 0 Å². The molecule has 1 aromatic carbocycles. The van der Waals surface area contributed by atoms with Crippen LogP contribution < -0.4 is 10.5 Å². The van der Waals surface area contributed by atoms with Crippen LogP contribution in [0.4, 0.5) is 0 Å². The molecule has 0 radical (unpaired) electrons. The van der Waals surface area contributed by atoms with Crippen LogP contribution in [0, 0.1) is 0 Å². The lowest BCUT2D eigenvalue weighted by Gasteiger charge is -2.22. The van der Waals surface area contributed by atoms with E-state index in [1.165, 1.54) is 5.56 Å². The Labute approximate surface area is 110 Å². The van der Waals surface area contributed by atoms with Gasteiger partial charge in [-0.1, -0.05) is 26.8 Å². The van der Waals surface area contributed by atoms with Gasteiger partial charge in [0.2, 0.25) is 0 Å². The fraction of sp³-hybridized carbons (Fsp3) is 0.600. The normalized spacial score (nSPS) is 13.4. The Balaban J connectivity index is 3.06. The molecule has 1 rings (SSSR count). The van der Waals surface area contributed by atoms with Gasteiger partial charge in [-0.15, -0.1) is 0 Å². The van der Waals surface area contributed by atoms with Crippen LogP contribution in [0.5, 0.6) is 5.75 Å². The lowest BCUT2D eigenvalue weighted by Crippen LogP contribution is -2.13. The Bertz CT molecular complexity index is 383. The molecule has 0 fully saturated rings. The third-order valence-electron chi connectivity index (χ3n) is 3.14. The maximum atomic E-state index is 10.2. The smallest absolute Gasteiger partial charge is 0.124 e. The lowest BCUT2D eigenvalue weighted by molar-refractivity contribution is 0.161. The van der Waals surface area contributed by atoms with E-state index in [0.717, 1.165) is 17.7 Å². The molecule has 18 heavy (non-hydrogen) atoms. The first-order valence-electron chi connectivity index (χ1n) is 6.46. The van der Waals surface area contributed by atoms with Gasteiger partial charge in [-0.05, 0) is 42.5 Å². The number of aliphatic hydroxyl groups excluding tert-OH is 1. The predicted octanol–water partition coefficient (Wildman–Crippen LogP) is 2.77. The fourth-order valence-electron chi connectivity index (χ4n) is 1.93. The summed E-state index contributed by atoms with van der Waals surface area (Å²) in [5.74, 6) is 0.743. The quantitative estimate of drug-likeness (QED) is 0.846. The zero-order valence-electron chi connectivity index (χ0n) is 11.9. The molecular formula is C15H25NO2. The van der Waals surface area contributed by atoms with Crippen LogP contribution in [0.2, 0.25) is 0 Å². The highest BCUT2D eigenvalue weighted by atomic mass is 16.5. The van der Waals surface area contributed by atoms with Crippen LogP contribution in [0.25, 0.3) is 0 Å². The van der Waals surface area contributed by atoms with Crippen molar-refractivity contribution in [3.05, 3.63) is 29.3 Å². The van der Waals surface area contributed by atoms with Crippen molar-refractivity contribution in [1.82, 2.24) is 0 Å². The summed E-state index contributed by atoms with van der Waals surface area (Å²) in [4.78, 5) is 0. The molecule has 0 saturated heterocycles. The van der Waals surface area contributed by atoms with Crippen LogP contribution in [-0.4, -0.2) is 18.8 Å². The van der Waals surface area contributed by atoms with E-state index in [1.807, 2.05) is 12.1 Å². The second kappa shape index (κ2) is 6.21. The Kier molecular flexibility index (Phi) is 5.17. The van der Waals surface area contributed by atoms with Crippen molar-refractivity contribution in [2.45, 2.75) is 45.1 Å². The van der Waals surface area contributed by atoms with Crippen molar-refractivity contribution in [1.29, 1.82) is 0 Å². The summed E-state index contributed by atoms with van der Waals surface area (Å²) in [5, 5.41) is 10.2. The van der Waals surface area contributed by atoms with E-state index in [0.29, 0.717) is 13.0 Å². The zero-order chi connectivity index (χ0) is 13.8. The second-order valence-electron chi connectivity index (χ2n) is 5.65. The number of methoxy groups -OCH3 is 1. The van der Waals surface area contributed by atoms with Gasteiger partial charge in [0.1, 0.15) is 5.75 Å². The molecule has 1 unspecified atom stereocenters. The molecule has 0 saturated carbocycles. The number of hydrogen-bond donors (Lipinski definition) is 2. The first kappa shape index (κ1) is 15.0. The first-order chi connectivity index (χ1) is 8.40. The van der Waals surface area contributed by atoms with Crippen molar-refractivity contribution in [3.63, 3.8) is 0 Å². The van der Waals surface area contributed by atoms with Gasteiger partial charge in [0.15, 0.2) is 0 Å². The average Bonchev–Trinajstić information content (AvgIpc) is 2.34. The van der Waals surface area contributed by atoms with Crippen LogP contribution >= 0.6 is 0 Å². The molecule has 0 bridgehead atoms. The highest BCUT2D eigenvalue weighted by Crippen LogP contribution is 2.33. The van der Waals surface area contributed by atoms with E-state index in [9.17, 15) is 5.11 Å². The lowest BCUT2D eigenvalue weighted by atomic mass is 9.85. The Morgan fingerprint density at radius 1 is 1.33 bits per heavy atom. The third-order valence-corrected chi connectivity index (χ3v) is 3.14. The van der Waals surface area contributed by atoms with Gasteiger partial charge in [-0.3, -0.25) is 0 Å². The average molecular weight is 251 g/mol. The number of nitrogens with two attached hydrogens (primary N) is 1. The van der Waals surface area contributed by atoms with Crippen molar-refractivity contribution >= 4 is 0 Å². The third kappa shape index (κ3) is 3.72. The predicted molar refractivity (Wildman–Crippen MR) is 74.9 cm³/mol. The molecule has 3 nitrogen and oxygen atoms in total. The van der Waals surface area contributed by atoms with Crippen molar-refractivity contribution in [2.75, 3.05) is 13.7 Å². The zero-order valence-corrected chi connectivity index (χ0v) is 11.9. The van der Waals surface area contributed by atoms with Gasteiger partial charge in [0, 0.05) is 5.56 Å². The molecule has 1 atom stereocenters. The van der Waals surface area contributed by atoms with Crippen LogP contribution in [-0.2, 0) is 5.41 Å².